The molecule has 0 saturated carbocycles. The molecule has 2 aliphatic rings. The maximum atomic E-state index is 12.8. The number of halogens is 1. The molecule has 0 bridgehead atoms. The van der Waals surface area contributed by atoms with E-state index in [9.17, 15) is 9.59 Å². The molecule has 0 aliphatic carbocycles. The maximum absolute atomic E-state index is 12.8. The van der Waals surface area contributed by atoms with E-state index < -0.39 is 0 Å². The predicted molar refractivity (Wildman–Crippen MR) is 112 cm³/mol. The van der Waals surface area contributed by atoms with E-state index in [0.29, 0.717) is 35.3 Å². The van der Waals surface area contributed by atoms with Gasteiger partial charge in [0, 0.05) is 19.2 Å². The van der Waals surface area contributed by atoms with Crippen LogP contribution >= 0.6 is 11.6 Å². The van der Waals surface area contributed by atoms with E-state index in [1.54, 1.807) is 29.3 Å². The predicted octanol–water partition coefficient (Wildman–Crippen LogP) is 2.95. The standard InChI is InChI=1S/C21H24ClN5O2/c1-15-13-26(20(28)8-4-9-25-10-5-11-25)14-19-23-12-18(27(15)19)21(29)24-17-7-3-2-6-16(17)22/h2-4,6-8,12,15H,5,9-11,13-14H2,1H3,(H,24,29)/b8-4+/t15-/m0/s1. The Labute approximate surface area is 175 Å². The van der Waals surface area contributed by atoms with Crippen molar-refractivity contribution >= 4 is 29.1 Å². The van der Waals surface area contributed by atoms with Gasteiger partial charge in [-0.05, 0) is 38.6 Å². The summed E-state index contributed by atoms with van der Waals surface area (Å²) in [7, 11) is 0. The van der Waals surface area contributed by atoms with E-state index in [2.05, 4.69) is 15.2 Å². The van der Waals surface area contributed by atoms with Crippen LogP contribution < -0.4 is 5.32 Å². The van der Waals surface area contributed by atoms with Crippen LogP contribution in [0.3, 0.4) is 0 Å². The van der Waals surface area contributed by atoms with Crippen LogP contribution in [0.5, 0.6) is 0 Å². The number of imidazole rings is 1. The normalized spacial score (nSPS) is 19.1. The number of para-hydroxylation sites is 1. The number of nitrogens with one attached hydrogen (secondary N) is 1. The van der Waals surface area contributed by atoms with Gasteiger partial charge < -0.3 is 14.8 Å². The molecule has 1 N–H and O–H groups in total. The monoisotopic (exact) mass is 413 g/mol. The SMILES string of the molecule is C[C@H]1CN(C(=O)/C=C/CN2CCC2)Cc2ncc(C(=O)Nc3ccccc3Cl)n21. The van der Waals surface area contributed by atoms with Crippen LogP contribution in [0, 0.1) is 0 Å². The van der Waals surface area contributed by atoms with Crippen LogP contribution in [0.4, 0.5) is 5.69 Å². The van der Waals surface area contributed by atoms with Crippen molar-refractivity contribution in [3.8, 4) is 0 Å². The lowest BCUT2D eigenvalue weighted by molar-refractivity contribution is -0.128. The molecule has 29 heavy (non-hydrogen) atoms. The van der Waals surface area contributed by atoms with Crippen molar-refractivity contribution in [2.24, 2.45) is 0 Å². The van der Waals surface area contributed by atoms with Crippen LogP contribution in [0.1, 0.15) is 35.7 Å². The summed E-state index contributed by atoms with van der Waals surface area (Å²) in [6.07, 6.45) is 6.37. The maximum Gasteiger partial charge on any atom is 0.273 e. The van der Waals surface area contributed by atoms with Gasteiger partial charge in [-0.1, -0.05) is 29.8 Å². The molecule has 1 aromatic carbocycles. The van der Waals surface area contributed by atoms with Gasteiger partial charge in [-0.2, -0.15) is 0 Å². The lowest BCUT2D eigenvalue weighted by atomic mass is 10.2. The Morgan fingerprint density at radius 3 is 2.83 bits per heavy atom. The molecule has 8 heteroatoms. The van der Waals surface area contributed by atoms with Gasteiger partial charge >= 0.3 is 0 Å². The zero-order valence-electron chi connectivity index (χ0n) is 16.3. The minimum absolute atomic E-state index is 0.0197. The van der Waals surface area contributed by atoms with Gasteiger partial charge in [0.25, 0.3) is 5.91 Å². The Balaban J connectivity index is 1.44. The van der Waals surface area contributed by atoms with E-state index in [4.69, 9.17) is 11.6 Å². The Morgan fingerprint density at radius 1 is 1.31 bits per heavy atom. The van der Waals surface area contributed by atoms with Gasteiger partial charge in [-0.15, -0.1) is 0 Å². The van der Waals surface area contributed by atoms with Crippen molar-refractivity contribution in [2.45, 2.75) is 25.9 Å². The minimum atomic E-state index is -0.266. The summed E-state index contributed by atoms with van der Waals surface area (Å²) in [5, 5.41) is 3.32. The fraction of sp³-hybridized carbons (Fsp3) is 0.381. The second-order valence-corrected chi connectivity index (χ2v) is 7.90. The van der Waals surface area contributed by atoms with Gasteiger partial charge in [-0.3, -0.25) is 14.5 Å². The molecule has 0 radical (unpaired) electrons. The van der Waals surface area contributed by atoms with Crippen LogP contribution in [-0.2, 0) is 11.3 Å². The number of anilines is 1. The summed E-state index contributed by atoms with van der Waals surface area (Å²) in [4.78, 5) is 33.8. The Morgan fingerprint density at radius 2 is 2.10 bits per heavy atom. The third-order valence-electron chi connectivity index (χ3n) is 5.37. The highest BCUT2D eigenvalue weighted by Gasteiger charge is 2.29. The molecular formula is C21H24ClN5O2. The van der Waals surface area contributed by atoms with E-state index in [-0.39, 0.29) is 17.9 Å². The van der Waals surface area contributed by atoms with Crippen molar-refractivity contribution in [1.82, 2.24) is 19.4 Å². The highest BCUT2D eigenvalue weighted by atomic mass is 35.5. The molecule has 1 saturated heterocycles. The van der Waals surface area contributed by atoms with E-state index in [1.165, 1.54) is 6.42 Å². The molecule has 2 amide bonds. The molecule has 3 heterocycles. The zero-order chi connectivity index (χ0) is 20.4. The fourth-order valence-corrected chi connectivity index (χ4v) is 3.88. The number of amides is 2. The summed E-state index contributed by atoms with van der Waals surface area (Å²) < 4.78 is 1.90. The van der Waals surface area contributed by atoms with Crippen molar-refractivity contribution in [2.75, 3.05) is 31.5 Å². The third-order valence-corrected chi connectivity index (χ3v) is 5.70. The van der Waals surface area contributed by atoms with E-state index in [0.717, 1.165) is 19.6 Å². The van der Waals surface area contributed by atoms with Gasteiger partial charge in [0.1, 0.15) is 11.5 Å². The quantitative estimate of drug-likeness (QED) is 0.765. The number of carbonyl (C=O) groups is 2. The number of rotatable bonds is 5. The Kier molecular flexibility index (Phi) is 5.69. The van der Waals surface area contributed by atoms with Crippen molar-refractivity contribution in [3.63, 3.8) is 0 Å². The molecule has 7 nitrogen and oxygen atoms in total. The average Bonchev–Trinajstić information content (AvgIpc) is 3.10. The number of benzene rings is 1. The molecule has 2 aromatic rings. The molecule has 4 rings (SSSR count). The smallest absolute Gasteiger partial charge is 0.273 e. The summed E-state index contributed by atoms with van der Waals surface area (Å²) in [5.74, 6) is 0.421. The molecule has 1 aromatic heterocycles. The van der Waals surface area contributed by atoms with Crippen LogP contribution in [0.25, 0.3) is 0 Å². The first-order valence-corrected chi connectivity index (χ1v) is 10.2. The molecule has 0 unspecified atom stereocenters. The highest BCUT2D eigenvalue weighted by Crippen LogP contribution is 2.25. The van der Waals surface area contributed by atoms with Crippen LogP contribution in [-0.4, -0.2) is 57.3 Å². The van der Waals surface area contributed by atoms with Crippen molar-refractivity contribution in [3.05, 3.63) is 59.2 Å². The summed E-state index contributed by atoms with van der Waals surface area (Å²) in [5.41, 5.74) is 1.02. The first-order valence-electron chi connectivity index (χ1n) is 9.82. The fourth-order valence-electron chi connectivity index (χ4n) is 3.70. The number of carbonyl (C=O) groups excluding carboxylic acids is 2. The highest BCUT2D eigenvalue weighted by molar-refractivity contribution is 6.33. The molecule has 152 valence electrons. The summed E-state index contributed by atoms with van der Waals surface area (Å²) >= 11 is 6.14. The Hall–Kier alpha value is -2.64. The van der Waals surface area contributed by atoms with Gasteiger partial charge in [0.2, 0.25) is 5.91 Å². The molecular weight excluding hydrogens is 390 g/mol. The largest absolute Gasteiger partial charge is 0.330 e. The number of aromatic nitrogens is 2. The van der Waals surface area contributed by atoms with Gasteiger partial charge in [0.05, 0.1) is 29.5 Å². The van der Waals surface area contributed by atoms with E-state index in [1.807, 2.05) is 29.7 Å². The van der Waals surface area contributed by atoms with Gasteiger partial charge in [-0.25, -0.2) is 4.98 Å². The zero-order valence-corrected chi connectivity index (χ0v) is 17.1. The first-order chi connectivity index (χ1) is 14.0. The number of hydrogen-bond acceptors (Lipinski definition) is 4. The number of fused-ring (bicyclic) bond motifs is 1. The summed E-state index contributed by atoms with van der Waals surface area (Å²) in [6.45, 7) is 5.93. The third kappa shape index (κ3) is 4.21. The minimum Gasteiger partial charge on any atom is -0.330 e. The number of hydrogen-bond donors (Lipinski definition) is 1. The molecule has 0 spiro atoms. The lowest BCUT2D eigenvalue weighted by Crippen LogP contribution is -2.41. The average molecular weight is 414 g/mol. The Bertz CT molecular complexity index is 950. The molecule has 2 aliphatic heterocycles. The first kappa shape index (κ1) is 19.7. The van der Waals surface area contributed by atoms with Gasteiger partial charge in [0.15, 0.2) is 0 Å². The second kappa shape index (κ2) is 8.39. The van der Waals surface area contributed by atoms with E-state index >= 15 is 0 Å². The molecule has 1 atom stereocenters. The van der Waals surface area contributed by atoms with Crippen LogP contribution in [0.2, 0.25) is 5.02 Å². The van der Waals surface area contributed by atoms with Crippen molar-refractivity contribution < 1.29 is 9.59 Å². The topological polar surface area (TPSA) is 70.5 Å². The van der Waals surface area contributed by atoms with Crippen LogP contribution in [0.15, 0.2) is 42.6 Å². The number of likely N-dealkylation sites (tertiary alicyclic amines) is 1. The number of nitrogens with zero attached hydrogens (tertiary/aromatic N) is 4. The molecule has 1 fully saturated rings. The summed E-state index contributed by atoms with van der Waals surface area (Å²) in [6, 6.07) is 7.05. The van der Waals surface area contributed by atoms with Crippen molar-refractivity contribution in [1.29, 1.82) is 0 Å². The lowest BCUT2D eigenvalue weighted by Gasteiger charge is -2.33. The second-order valence-electron chi connectivity index (χ2n) is 7.49.